The smallest absolute Gasteiger partial charge is 0.233 e. The van der Waals surface area contributed by atoms with Crippen LogP contribution in [0.1, 0.15) is 25.8 Å². The maximum absolute atomic E-state index is 12.8. The SMILES string of the molecule is COc1ccc(C2(C(=O)N3CC(O)C3)CC2(C)C)cc1. The minimum absolute atomic E-state index is 0.0286. The van der Waals surface area contributed by atoms with Crippen LogP contribution in [0.3, 0.4) is 0 Å². The molecule has 1 aliphatic carbocycles. The molecular weight excluding hydrogens is 254 g/mol. The molecule has 20 heavy (non-hydrogen) atoms. The normalized spacial score (nSPS) is 27.9. The van der Waals surface area contributed by atoms with E-state index in [0.717, 1.165) is 17.7 Å². The molecule has 1 aromatic rings. The number of hydrogen-bond donors (Lipinski definition) is 1. The lowest BCUT2D eigenvalue weighted by Crippen LogP contribution is -2.57. The molecule has 1 atom stereocenters. The van der Waals surface area contributed by atoms with Gasteiger partial charge in [0.15, 0.2) is 0 Å². The van der Waals surface area contributed by atoms with Crippen molar-refractivity contribution in [3.63, 3.8) is 0 Å². The van der Waals surface area contributed by atoms with Crippen molar-refractivity contribution in [2.24, 2.45) is 5.41 Å². The summed E-state index contributed by atoms with van der Waals surface area (Å²) in [6, 6.07) is 7.79. The number of carbonyl (C=O) groups is 1. The fourth-order valence-corrected chi connectivity index (χ4v) is 3.37. The van der Waals surface area contributed by atoms with Gasteiger partial charge in [-0.3, -0.25) is 4.79 Å². The highest BCUT2D eigenvalue weighted by atomic mass is 16.5. The number of benzene rings is 1. The van der Waals surface area contributed by atoms with Gasteiger partial charge in [-0.05, 0) is 29.5 Å². The first-order chi connectivity index (χ1) is 9.40. The highest BCUT2D eigenvalue weighted by Crippen LogP contribution is 2.65. The van der Waals surface area contributed by atoms with Crippen LogP contribution in [0.5, 0.6) is 5.75 Å². The Bertz CT molecular complexity index is 531. The quantitative estimate of drug-likeness (QED) is 0.911. The van der Waals surface area contributed by atoms with Crippen LogP contribution in [-0.4, -0.2) is 42.2 Å². The van der Waals surface area contributed by atoms with Crippen LogP contribution in [-0.2, 0) is 10.2 Å². The van der Waals surface area contributed by atoms with Gasteiger partial charge in [0, 0.05) is 13.1 Å². The molecule has 1 saturated carbocycles. The molecule has 1 heterocycles. The Hall–Kier alpha value is -1.55. The fourth-order valence-electron chi connectivity index (χ4n) is 3.37. The summed E-state index contributed by atoms with van der Waals surface area (Å²) in [5, 5.41) is 9.41. The van der Waals surface area contributed by atoms with Gasteiger partial charge in [0.05, 0.1) is 18.6 Å². The molecule has 2 aliphatic rings. The average molecular weight is 275 g/mol. The van der Waals surface area contributed by atoms with Crippen molar-refractivity contribution in [2.45, 2.75) is 31.8 Å². The molecular formula is C16H21NO3. The Morgan fingerprint density at radius 1 is 1.30 bits per heavy atom. The number of rotatable bonds is 3. The van der Waals surface area contributed by atoms with Crippen LogP contribution in [0.25, 0.3) is 0 Å². The Morgan fingerprint density at radius 3 is 2.25 bits per heavy atom. The molecule has 1 aliphatic heterocycles. The van der Waals surface area contributed by atoms with Crippen LogP contribution in [0, 0.1) is 5.41 Å². The van der Waals surface area contributed by atoms with Crippen molar-refractivity contribution < 1.29 is 14.6 Å². The molecule has 1 amide bonds. The maximum Gasteiger partial charge on any atom is 0.233 e. The Balaban J connectivity index is 1.90. The van der Waals surface area contributed by atoms with E-state index in [-0.39, 0.29) is 17.4 Å². The fraction of sp³-hybridized carbons (Fsp3) is 0.562. The minimum atomic E-state index is -0.431. The number of nitrogens with zero attached hydrogens (tertiary/aromatic N) is 1. The van der Waals surface area contributed by atoms with E-state index < -0.39 is 5.41 Å². The third-order valence-electron chi connectivity index (χ3n) is 4.83. The van der Waals surface area contributed by atoms with Crippen LogP contribution < -0.4 is 4.74 Å². The topological polar surface area (TPSA) is 49.8 Å². The van der Waals surface area contributed by atoms with Crippen molar-refractivity contribution in [1.29, 1.82) is 0 Å². The summed E-state index contributed by atoms with van der Waals surface area (Å²) in [6.45, 7) is 5.19. The summed E-state index contributed by atoms with van der Waals surface area (Å²) in [6.07, 6.45) is 0.506. The van der Waals surface area contributed by atoms with Gasteiger partial charge in [0.2, 0.25) is 5.91 Å². The zero-order chi connectivity index (χ0) is 14.5. The number of likely N-dealkylation sites (tertiary alicyclic amines) is 1. The maximum atomic E-state index is 12.8. The standard InChI is InChI=1S/C16H21NO3/c1-15(2)10-16(15,14(19)17-8-12(18)9-17)11-4-6-13(20-3)7-5-11/h4-7,12,18H,8-10H2,1-3H3. The lowest BCUT2D eigenvalue weighted by Gasteiger charge is -2.39. The van der Waals surface area contributed by atoms with Crippen LogP contribution in [0.4, 0.5) is 0 Å². The van der Waals surface area contributed by atoms with Gasteiger partial charge in [-0.15, -0.1) is 0 Å². The Kier molecular flexibility index (Phi) is 2.83. The summed E-state index contributed by atoms with van der Waals surface area (Å²) >= 11 is 0. The van der Waals surface area contributed by atoms with E-state index in [1.54, 1.807) is 12.0 Å². The molecule has 2 fully saturated rings. The van der Waals surface area contributed by atoms with E-state index in [4.69, 9.17) is 4.74 Å². The van der Waals surface area contributed by atoms with Gasteiger partial charge in [0.25, 0.3) is 0 Å². The molecule has 0 bridgehead atoms. The van der Waals surface area contributed by atoms with Gasteiger partial charge in [-0.1, -0.05) is 26.0 Å². The van der Waals surface area contributed by atoms with E-state index in [1.165, 1.54) is 0 Å². The van der Waals surface area contributed by atoms with Gasteiger partial charge < -0.3 is 14.7 Å². The Morgan fingerprint density at radius 2 is 1.85 bits per heavy atom. The van der Waals surface area contributed by atoms with E-state index in [0.29, 0.717) is 13.1 Å². The van der Waals surface area contributed by atoms with Crippen molar-refractivity contribution in [1.82, 2.24) is 4.90 Å². The zero-order valence-corrected chi connectivity index (χ0v) is 12.2. The minimum Gasteiger partial charge on any atom is -0.497 e. The molecule has 4 nitrogen and oxygen atoms in total. The predicted octanol–water partition coefficient (Wildman–Crippen LogP) is 1.57. The third kappa shape index (κ3) is 1.74. The highest BCUT2D eigenvalue weighted by molar-refractivity contribution is 5.93. The third-order valence-corrected chi connectivity index (χ3v) is 4.83. The lowest BCUT2D eigenvalue weighted by molar-refractivity contribution is -0.145. The first kappa shape index (κ1) is 13.4. The number of aliphatic hydroxyl groups is 1. The lowest BCUT2D eigenvalue weighted by atomic mass is 9.85. The second kappa shape index (κ2) is 4.22. The molecule has 0 aromatic heterocycles. The largest absolute Gasteiger partial charge is 0.497 e. The predicted molar refractivity (Wildman–Crippen MR) is 75.7 cm³/mol. The number of amides is 1. The molecule has 1 saturated heterocycles. The van der Waals surface area contributed by atoms with E-state index in [1.807, 2.05) is 24.3 Å². The molecule has 0 spiro atoms. The van der Waals surface area contributed by atoms with Crippen molar-refractivity contribution >= 4 is 5.91 Å². The van der Waals surface area contributed by atoms with Crippen molar-refractivity contribution in [3.8, 4) is 5.75 Å². The van der Waals surface area contributed by atoms with Gasteiger partial charge in [-0.25, -0.2) is 0 Å². The van der Waals surface area contributed by atoms with Crippen molar-refractivity contribution in [2.75, 3.05) is 20.2 Å². The first-order valence-corrected chi connectivity index (χ1v) is 7.03. The van der Waals surface area contributed by atoms with Gasteiger partial charge >= 0.3 is 0 Å². The van der Waals surface area contributed by atoms with Crippen LogP contribution in [0.15, 0.2) is 24.3 Å². The monoisotopic (exact) mass is 275 g/mol. The average Bonchev–Trinajstić information content (AvgIpc) is 2.99. The molecule has 1 unspecified atom stereocenters. The van der Waals surface area contributed by atoms with Crippen LogP contribution in [0.2, 0.25) is 0 Å². The summed E-state index contributed by atoms with van der Waals surface area (Å²) < 4.78 is 5.18. The number of β-amino-alcohol motifs (C(OH)–C–C–N with tert-alkyl or cyclic N) is 1. The van der Waals surface area contributed by atoms with Crippen molar-refractivity contribution in [3.05, 3.63) is 29.8 Å². The number of ether oxygens (including phenoxy) is 1. The first-order valence-electron chi connectivity index (χ1n) is 7.03. The van der Waals surface area contributed by atoms with E-state index in [9.17, 15) is 9.90 Å². The molecule has 4 heteroatoms. The van der Waals surface area contributed by atoms with Gasteiger partial charge in [-0.2, -0.15) is 0 Å². The number of methoxy groups -OCH3 is 1. The number of hydrogen-bond acceptors (Lipinski definition) is 3. The molecule has 0 radical (unpaired) electrons. The Labute approximate surface area is 119 Å². The summed E-state index contributed by atoms with van der Waals surface area (Å²) in [5.41, 5.74) is 0.591. The second-order valence-electron chi connectivity index (χ2n) is 6.56. The molecule has 1 aromatic carbocycles. The number of aliphatic hydroxyl groups excluding tert-OH is 1. The van der Waals surface area contributed by atoms with E-state index >= 15 is 0 Å². The summed E-state index contributed by atoms with van der Waals surface area (Å²) in [7, 11) is 1.64. The summed E-state index contributed by atoms with van der Waals surface area (Å²) in [5.74, 6) is 0.951. The van der Waals surface area contributed by atoms with Gasteiger partial charge in [0.1, 0.15) is 5.75 Å². The molecule has 108 valence electrons. The van der Waals surface area contributed by atoms with Crippen LogP contribution >= 0.6 is 0 Å². The van der Waals surface area contributed by atoms with E-state index in [2.05, 4.69) is 13.8 Å². The highest BCUT2D eigenvalue weighted by Gasteiger charge is 2.68. The molecule has 1 N–H and O–H groups in total. The summed E-state index contributed by atoms with van der Waals surface area (Å²) in [4.78, 5) is 14.6. The number of carbonyl (C=O) groups excluding carboxylic acids is 1. The zero-order valence-electron chi connectivity index (χ0n) is 12.2. The second-order valence-corrected chi connectivity index (χ2v) is 6.56. The molecule has 3 rings (SSSR count).